The Kier molecular flexibility index (Phi) is 2.59. The van der Waals surface area contributed by atoms with Gasteiger partial charge in [-0.15, -0.1) is 11.6 Å². The van der Waals surface area contributed by atoms with Crippen molar-refractivity contribution < 1.29 is 0 Å². The first-order valence-electron chi connectivity index (χ1n) is 3.98. The molecule has 1 saturated heterocycles. The maximum Gasteiger partial charge on any atom is 0.0290 e. The molecule has 0 bridgehead atoms. The topological polar surface area (TPSA) is 3.24 Å². The number of alkyl halides is 1. The quantitative estimate of drug-likeness (QED) is 0.560. The summed E-state index contributed by atoms with van der Waals surface area (Å²) in [6.45, 7) is 8.08. The zero-order chi connectivity index (χ0) is 7.61. The molecule has 0 aromatic rings. The van der Waals surface area contributed by atoms with Gasteiger partial charge in [0.05, 0.1) is 0 Å². The first-order chi connectivity index (χ1) is 4.70. The minimum Gasteiger partial charge on any atom is -0.303 e. The summed E-state index contributed by atoms with van der Waals surface area (Å²) in [6, 6.07) is 0. The Morgan fingerprint density at radius 1 is 1.60 bits per heavy atom. The van der Waals surface area contributed by atoms with E-state index < -0.39 is 0 Å². The lowest BCUT2D eigenvalue weighted by atomic mass is 9.93. The molecule has 0 radical (unpaired) electrons. The van der Waals surface area contributed by atoms with E-state index in [1.54, 1.807) is 0 Å². The van der Waals surface area contributed by atoms with Crippen molar-refractivity contribution in [3.05, 3.63) is 0 Å². The van der Waals surface area contributed by atoms with Crippen molar-refractivity contribution >= 4 is 11.6 Å². The zero-order valence-electron chi connectivity index (χ0n) is 6.86. The summed E-state index contributed by atoms with van der Waals surface area (Å²) in [7, 11) is 0. The van der Waals surface area contributed by atoms with Gasteiger partial charge in [-0.2, -0.15) is 0 Å². The van der Waals surface area contributed by atoms with Crippen LogP contribution in [0.5, 0.6) is 0 Å². The van der Waals surface area contributed by atoms with Crippen LogP contribution in [0.1, 0.15) is 20.3 Å². The Bertz CT molecular complexity index is 116. The van der Waals surface area contributed by atoms with Crippen LogP contribution in [0.4, 0.5) is 0 Å². The van der Waals surface area contributed by atoms with E-state index >= 15 is 0 Å². The van der Waals surface area contributed by atoms with Crippen LogP contribution >= 0.6 is 11.6 Å². The lowest BCUT2D eigenvalue weighted by Crippen LogP contribution is -2.25. The fourth-order valence-electron chi connectivity index (χ4n) is 1.50. The van der Waals surface area contributed by atoms with Crippen LogP contribution in [0.2, 0.25) is 0 Å². The number of hydrogen-bond acceptors (Lipinski definition) is 1. The molecule has 0 aromatic carbocycles. The van der Waals surface area contributed by atoms with Crippen molar-refractivity contribution in [1.29, 1.82) is 0 Å². The Morgan fingerprint density at radius 2 is 2.30 bits per heavy atom. The Labute approximate surface area is 68.4 Å². The molecule has 1 aliphatic rings. The number of likely N-dealkylation sites (tertiary alicyclic amines) is 1. The van der Waals surface area contributed by atoms with Gasteiger partial charge < -0.3 is 4.90 Å². The third-order valence-electron chi connectivity index (χ3n) is 2.41. The van der Waals surface area contributed by atoms with E-state index in [2.05, 4.69) is 18.7 Å². The molecule has 0 N–H and O–H groups in total. The molecule has 1 fully saturated rings. The van der Waals surface area contributed by atoms with E-state index in [9.17, 15) is 0 Å². The highest BCUT2D eigenvalue weighted by atomic mass is 35.5. The van der Waals surface area contributed by atoms with E-state index in [0.29, 0.717) is 5.41 Å². The molecule has 1 atom stereocenters. The minimum absolute atomic E-state index is 0.400. The summed E-state index contributed by atoms with van der Waals surface area (Å²) >= 11 is 5.84. The first-order valence-corrected chi connectivity index (χ1v) is 4.52. The van der Waals surface area contributed by atoms with Crippen LogP contribution < -0.4 is 0 Å². The van der Waals surface area contributed by atoms with Gasteiger partial charge in [-0.05, 0) is 24.9 Å². The van der Waals surface area contributed by atoms with Crippen LogP contribution in [0, 0.1) is 5.41 Å². The van der Waals surface area contributed by atoms with Gasteiger partial charge in [0.2, 0.25) is 0 Å². The number of hydrogen-bond donors (Lipinski definition) is 0. The molecule has 10 heavy (non-hydrogen) atoms. The summed E-state index contributed by atoms with van der Waals surface area (Å²) in [5.41, 5.74) is 0.400. The van der Waals surface area contributed by atoms with Crippen molar-refractivity contribution in [3.8, 4) is 0 Å². The van der Waals surface area contributed by atoms with Gasteiger partial charge in [0, 0.05) is 12.4 Å². The fraction of sp³-hybridized carbons (Fsp3) is 1.00. The zero-order valence-corrected chi connectivity index (χ0v) is 7.62. The number of nitrogens with zero attached hydrogens (tertiary/aromatic N) is 1. The molecule has 0 aliphatic carbocycles. The number of halogens is 1. The molecular formula is C8H16ClN. The number of rotatable bonds is 2. The van der Waals surface area contributed by atoms with Gasteiger partial charge in [0.25, 0.3) is 0 Å². The van der Waals surface area contributed by atoms with Crippen molar-refractivity contribution in [2.45, 2.75) is 20.3 Å². The lowest BCUT2D eigenvalue weighted by Gasteiger charge is -2.20. The summed E-state index contributed by atoms with van der Waals surface area (Å²) in [5, 5.41) is 0. The van der Waals surface area contributed by atoms with E-state index in [4.69, 9.17) is 11.6 Å². The second kappa shape index (κ2) is 3.10. The molecule has 60 valence electrons. The second-order valence-corrected chi connectivity index (χ2v) is 3.83. The fourth-order valence-corrected chi connectivity index (χ4v) is 1.72. The van der Waals surface area contributed by atoms with E-state index in [-0.39, 0.29) is 0 Å². The van der Waals surface area contributed by atoms with Crippen molar-refractivity contribution in [1.82, 2.24) is 4.90 Å². The SMILES string of the molecule is CCN1CCC(C)(CCl)C1. The average Bonchev–Trinajstić information content (AvgIpc) is 2.33. The summed E-state index contributed by atoms with van der Waals surface area (Å²) < 4.78 is 0. The van der Waals surface area contributed by atoms with Crippen LogP contribution in [0.25, 0.3) is 0 Å². The predicted octanol–water partition coefficient (Wildman–Crippen LogP) is 1.96. The van der Waals surface area contributed by atoms with Gasteiger partial charge in [-0.1, -0.05) is 13.8 Å². The maximum atomic E-state index is 5.84. The molecule has 1 rings (SSSR count). The highest BCUT2D eigenvalue weighted by molar-refractivity contribution is 6.18. The monoisotopic (exact) mass is 161 g/mol. The van der Waals surface area contributed by atoms with Gasteiger partial charge >= 0.3 is 0 Å². The molecule has 0 amide bonds. The Morgan fingerprint density at radius 3 is 2.60 bits per heavy atom. The maximum absolute atomic E-state index is 5.84. The third kappa shape index (κ3) is 1.64. The van der Waals surface area contributed by atoms with Crippen LogP contribution in [-0.2, 0) is 0 Å². The highest BCUT2D eigenvalue weighted by Gasteiger charge is 2.31. The van der Waals surface area contributed by atoms with E-state index in [1.807, 2.05) is 0 Å². The summed E-state index contributed by atoms with van der Waals surface area (Å²) in [5.74, 6) is 0.809. The van der Waals surface area contributed by atoms with Gasteiger partial charge in [-0.25, -0.2) is 0 Å². The van der Waals surface area contributed by atoms with Crippen LogP contribution in [0.15, 0.2) is 0 Å². The van der Waals surface area contributed by atoms with Gasteiger partial charge in [0.15, 0.2) is 0 Å². The molecule has 2 heteroatoms. The van der Waals surface area contributed by atoms with E-state index in [0.717, 1.165) is 5.88 Å². The predicted molar refractivity (Wildman–Crippen MR) is 45.6 cm³/mol. The molecule has 0 aromatic heterocycles. The molecule has 1 heterocycles. The molecule has 1 aliphatic heterocycles. The molecular weight excluding hydrogens is 146 g/mol. The average molecular weight is 162 g/mol. The molecule has 1 unspecified atom stereocenters. The molecule has 0 spiro atoms. The molecule has 1 nitrogen and oxygen atoms in total. The standard InChI is InChI=1S/C8H16ClN/c1-3-10-5-4-8(2,6-9)7-10/h3-7H2,1-2H3. The normalized spacial score (nSPS) is 35.1. The smallest absolute Gasteiger partial charge is 0.0290 e. The largest absolute Gasteiger partial charge is 0.303 e. The van der Waals surface area contributed by atoms with E-state index in [1.165, 1.54) is 26.1 Å². The third-order valence-corrected chi connectivity index (χ3v) is 3.05. The van der Waals surface area contributed by atoms with Crippen LogP contribution in [0.3, 0.4) is 0 Å². The summed E-state index contributed by atoms with van der Waals surface area (Å²) in [6.07, 6.45) is 1.27. The van der Waals surface area contributed by atoms with Crippen molar-refractivity contribution in [2.24, 2.45) is 5.41 Å². The second-order valence-electron chi connectivity index (χ2n) is 3.56. The van der Waals surface area contributed by atoms with Crippen molar-refractivity contribution in [3.63, 3.8) is 0 Å². The Hall–Kier alpha value is 0.250. The molecule has 0 saturated carbocycles. The Balaban J connectivity index is 2.41. The summed E-state index contributed by atoms with van der Waals surface area (Å²) in [4.78, 5) is 2.46. The van der Waals surface area contributed by atoms with Crippen LogP contribution in [-0.4, -0.2) is 30.4 Å². The van der Waals surface area contributed by atoms with Crippen molar-refractivity contribution in [2.75, 3.05) is 25.5 Å². The first kappa shape index (κ1) is 8.35. The lowest BCUT2D eigenvalue weighted by molar-refractivity contribution is 0.306. The van der Waals surface area contributed by atoms with Gasteiger partial charge in [-0.3, -0.25) is 0 Å². The minimum atomic E-state index is 0.400. The van der Waals surface area contributed by atoms with Gasteiger partial charge in [0.1, 0.15) is 0 Å². The highest BCUT2D eigenvalue weighted by Crippen LogP contribution is 2.30.